The van der Waals surface area contributed by atoms with Gasteiger partial charge in [-0.1, -0.05) is 15.9 Å². The zero-order valence-electron chi connectivity index (χ0n) is 16.4. The van der Waals surface area contributed by atoms with Crippen molar-refractivity contribution in [3.63, 3.8) is 0 Å². The molecule has 2 N–H and O–H groups in total. The number of rotatable bonds is 4. The van der Waals surface area contributed by atoms with Crippen molar-refractivity contribution in [3.05, 3.63) is 70.5 Å². The Morgan fingerprint density at radius 2 is 2.10 bits per heavy atom. The van der Waals surface area contributed by atoms with Gasteiger partial charge in [0.25, 0.3) is 5.91 Å². The average molecular weight is 484 g/mol. The van der Waals surface area contributed by atoms with Crippen LogP contribution in [-0.4, -0.2) is 43.4 Å². The topological polar surface area (TPSA) is 89.1 Å². The largest absolute Gasteiger partial charge is 0.317 e. The van der Waals surface area contributed by atoms with E-state index in [4.69, 9.17) is 0 Å². The van der Waals surface area contributed by atoms with Crippen LogP contribution in [0.1, 0.15) is 34.8 Å². The van der Waals surface area contributed by atoms with Gasteiger partial charge in [0.15, 0.2) is 5.65 Å². The van der Waals surface area contributed by atoms with E-state index in [0.717, 1.165) is 31.6 Å². The van der Waals surface area contributed by atoms with Crippen molar-refractivity contribution < 1.29 is 9.18 Å². The van der Waals surface area contributed by atoms with Gasteiger partial charge >= 0.3 is 0 Å². The van der Waals surface area contributed by atoms with Gasteiger partial charge in [-0.25, -0.2) is 18.6 Å². The highest BCUT2D eigenvalue weighted by molar-refractivity contribution is 9.10. The lowest BCUT2D eigenvalue weighted by Gasteiger charge is -2.20. The number of hydrogen-bond donors (Lipinski definition) is 2. The number of piperidine rings is 1. The zero-order chi connectivity index (χ0) is 21.4. The van der Waals surface area contributed by atoms with Gasteiger partial charge in [-0.2, -0.15) is 10.2 Å². The SMILES string of the molecule is O=C(Nc1cc(C2CCNCC2)nn1-c1ccc(Br)cc1F)c1cnn2cccnc12. The number of hydrogen-bond acceptors (Lipinski definition) is 5. The van der Waals surface area contributed by atoms with Crippen molar-refractivity contribution in [1.82, 2.24) is 29.7 Å². The summed E-state index contributed by atoms with van der Waals surface area (Å²) in [6, 6.07) is 8.31. The third kappa shape index (κ3) is 3.84. The smallest absolute Gasteiger partial charge is 0.262 e. The molecule has 31 heavy (non-hydrogen) atoms. The van der Waals surface area contributed by atoms with Gasteiger partial charge in [0.2, 0.25) is 0 Å². The van der Waals surface area contributed by atoms with Crippen LogP contribution >= 0.6 is 15.9 Å². The quantitative estimate of drug-likeness (QED) is 0.463. The van der Waals surface area contributed by atoms with Crippen molar-refractivity contribution >= 4 is 33.3 Å². The molecule has 1 aliphatic rings. The van der Waals surface area contributed by atoms with Crippen LogP contribution in [-0.2, 0) is 0 Å². The third-order valence-corrected chi connectivity index (χ3v) is 5.88. The van der Waals surface area contributed by atoms with Gasteiger partial charge in [0, 0.05) is 28.9 Å². The van der Waals surface area contributed by atoms with Gasteiger partial charge in [-0.15, -0.1) is 0 Å². The first-order valence-corrected chi connectivity index (χ1v) is 10.8. The van der Waals surface area contributed by atoms with Crippen molar-refractivity contribution in [2.45, 2.75) is 18.8 Å². The second kappa shape index (κ2) is 8.20. The van der Waals surface area contributed by atoms with Crippen molar-refractivity contribution in [1.29, 1.82) is 0 Å². The van der Waals surface area contributed by atoms with E-state index >= 15 is 0 Å². The van der Waals surface area contributed by atoms with Crippen LogP contribution in [0.15, 0.2) is 53.4 Å². The van der Waals surface area contributed by atoms with Crippen LogP contribution in [0.4, 0.5) is 10.2 Å². The van der Waals surface area contributed by atoms with E-state index in [1.54, 1.807) is 30.6 Å². The fourth-order valence-electron chi connectivity index (χ4n) is 3.81. The Bertz CT molecular complexity index is 1260. The number of fused-ring (bicyclic) bond motifs is 1. The molecule has 8 nitrogen and oxygen atoms in total. The number of amides is 1. The van der Waals surface area contributed by atoms with Crippen LogP contribution in [0, 0.1) is 5.82 Å². The molecule has 0 unspecified atom stereocenters. The molecule has 10 heteroatoms. The number of benzene rings is 1. The summed E-state index contributed by atoms with van der Waals surface area (Å²) in [4.78, 5) is 17.3. The second-order valence-electron chi connectivity index (χ2n) is 7.39. The lowest BCUT2D eigenvalue weighted by Crippen LogP contribution is -2.26. The van der Waals surface area contributed by atoms with Gasteiger partial charge in [-0.3, -0.25) is 4.79 Å². The van der Waals surface area contributed by atoms with E-state index in [2.05, 4.69) is 41.7 Å². The average Bonchev–Trinajstić information content (AvgIpc) is 3.39. The minimum Gasteiger partial charge on any atom is -0.317 e. The first kappa shape index (κ1) is 19.8. The Hall–Kier alpha value is -3.11. The molecule has 1 fully saturated rings. The minimum atomic E-state index is -0.442. The lowest BCUT2D eigenvalue weighted by molar-refractivity contribution is 0.102. The maximum atomic E-state index is 14.7. The molecule has 3 aromatic heterocycles. The molecule has 0 spiro atoms. The number of nitrogens with zero attached hydrogens (tertiary/aromatic N) is 5. The molecule has 158 valence electrons. The molecule has 1 saturated heterocycles. The number of anilines is 1. The Balaban J connectivity index is 1.54. The summed E-state index contributed by atoms with van der Waals surface area (Å²) < 4.78 is 18.4. The van der Waals surface area contributed by atoms with Gasteiger partial charge in [0.05, 0.1) is 11.9 Å². The van der Waals surface area contributed by atoms with Crippen LogP contribution < -0.4 is 10.6 Å². The predicted molar refractivity (Wildman–Crippen MR) is 117 cm³/mol. The van der Waals surface area contributed by atoms with E-state index in [1.165, 1.54) is 21.5 Å². The summed E-state index contributed by atoms with van der Waals surface area (Å²) in [5, 5.41) is 15.1. The fourth-order valence-corrected chi connectivity index (χ4v) is 4.15. The van der Waals surface area contributed by atoms with Gasteiger partial charge in [-0.05, 0) is 50.2 Å². The van der Waals surface area contributed by atoms with Crippen molar-refractivity contribution in [2.75, 3.05) is 18.4 Å². The lowest BCUT2D eigenvalue weighted by atomic mass is 9.95. The van der Waals surface area contributed by atoms with Crippen molar-refractivity contribution in [2.24, 2.45) is 0 Å². The summed E-state index contributed by atoms with van der Waals surface area (Å²) in [6.45, 7) is 1.81. The first-order valence-electron chi connectivity index (χ1n) is 9.96. The van der Waals surface area contributed by atoms with Crippen LogP contribution in [0.2, 0.25) is 0 Å². The molecular weight excluding hydrogens is 465 g/mol. The second-order valence-corrected chi connectivity index (χ2v) is 8.30. The monoisotopic (exact) mass is 483 g/mol. The number of nitrogens with one attached hydrogen (secondary N) is 2. The fraction of sp³-hybridized carbons (Fsp3) is 0.238. The zero-order valence-corrected chi connectivity index (χ0v) is 18.0. The Morgan fingerprint density at radius 3 is 2.90 bits per heavy atom. The highest BCUT2D eigenvalue weighted by Crippen LogP contribution is 2.30. The summed E-state index contributed by atoms with van der Waals surface area (Å²) in [7, 11) is 0. The molecule has 4 aromatic rings. The van der Waals surface area contributed by atoms with Gasteiger partial charge < -0.3 is 10.6 Å². The summed E-state index contributed by atoms with van der Waals surface area (Å²) in [6.07, 6.45) is 6.66. The summed E-state index contributed by atoms with van der Waals surface area (Å²) in [5.74, 6) is -0.183. The highest BCUT2D eigenvalue weighted by Gasteiger charge is 2.23. The summed E-state index contributed by atoms with van der Waals surface area (Å²) >= 11 is 3.28. The van der Waals surface area contributed by atoms with E-state index in [0.29, 0.717) is 21.5 Å². The van der Waals surface area contributed by atoms with Crippen molar-refractivity contribution in [3.8, 4) is 5.69 Å². The van der Waals surface area contributed by atoms with E-state index in [1.807, 2.05) is 6.07 Å². The van der Waals surface area contributed by atoms with Crippen LogP contribution in [0.3, 0.4) is 0 Å². The molecular formula is C21H19BrFN7O. The molecule has 1 aliphatic heterocycles. The number of halogens is 2. The Labute approximate surface area is 185 Å². The third-order valence-electron chi connectivity index (χ3n) is 5.39. The maximum Gasteiger partial charge on any atom is 0.262 e. The molecule has 5 rings (SSSR count). The van der Waals surface area contributed by atoms with E-state index < -0.39 is 5.82 Å². The molecule has 0 bridgehead atoms. The Kier molecular flexibility index (Phi) is 5.24. The number of aromatic nitrogens is 5. The molecule has 4 heterocycles. The molecule has 0 atom stereocenters. The maximum absolute atomic E-state index is 14.7. The standard InChI is InChI=1S/C21H19BrFN7O/c22-14-2-3-18(16(23)10-14)30-19(11-17(28-30)13-4-7-24-8-5-13)27-21(31)15-12-26-29-9-1-6-25-20(15)29/h1-3,6,9-13,24H,4-5,7-8H2,(H,27,31). The molecule has 0 radical (unpaired) electrons. The molecule has 0 aliphatic carbocycles. The molecule has 0 saturated carbocycles. The van der Waals surface area contributed by atoms with E-state index in [-0.39, 0.29) is 17.5 Å². The van der Waals surface area contributed by atoms with Crippen LogP contribution in [0.25, 0.3) is 11.3 Å². The molecule has 1 amide bonds. The Morgan fingerprint density at radius 1 is 1.26 bits per heavy atom. The number of carbonyl (C=O) groups is 1. The highest BCUT2D eigenvalue weighted by atomic mass is 79.9. The van der Waals surface area contributed by atoms with Crippen LogP contribution in [0.5, 0.6) is 0 Å². The first-order chi connectivity index (χ1) is 15.1. The minimum absolute atomic E-state index is 0.246. The molecule has 1 aromatic carbocycles. The normalized spacial score (nSPS) is 14.8. The van der Waals surface area contributed by atoms with Gasteiger partial charge in [0.1, 0.15) is 22.9 Å². The van der Waals surface area contributed by atoms with E-state index in [9.17, 15) is 9.18 Å². The number of carbonyl (C=O) groups excluding carboxylic acids is 1. The predicted octanol–water partition coefficient (Wildman–Crippen LogP) is 3.54. The summed E-state index contributed by atoms with van der Waals surface area (Å²) in [5.41, 5.74) is 1.86.